The highest BCUT2D eigenvalue weighted by Crippen LogP contribution is 2.40. The molecule has 0 aliphatic heterocycles. The Balaban J connectivity index is 1.79. The van der Waals surface area contributed by atoms with Gasteiger partial charge in [-0.2, -0.15) is 0 Å². The van der Waals surface area contributed by atoms with E-state index in [2.05, 4.69) is 36.4 Å². The zero-order chi connectivity index (χ0) is 16.4. The third-order valence-electron chi connectivity index (χ3n) is 4.62. The average Bonchev–Trinajstić information content (AvgIpc) is 2.90. The van der Waals surface area contributed by atoms with Gasteiger partial charge in [0.15, 0.2) is 5.78 Å². The molecule has 0 bridgehead atoms. The lowest BCUT2D eigenvalue weighted by Gasteiger charge is -2.13. The average molecular weight is 310 g/mol. The lowest BCUT2D eigenvalue weighted by atomic mass is 9.89. The molecule has 1 nitrogen and oxygen atoms in total. The predicted molar refractivity (Wildman–Crippen MR) is 98.1 cm³/mol. The van der Waals surface area contributed by atoms with Crippen LogP contribution in [0.5, 0.6) is 0 Å². The van der Waals surface area contributed by atoms with E-state index < -0.39 is 0 Å². The summed E-state index contributed by atoms with van der Waals surface area (Å²) in [6, 6.07) is 28.5. The van der Waals surface area contributed by atoms with Crippen LogP contribution in [0.15, 0.2) is 90.5 Å². The van der Waals surface area contributed by atoms with Crippen molar-refractivity contribution in [1.82, 2.24) is 0 Å². The number of hydrogen-bond donors (Lipinski definition) is 0. The summed E-state index contributed by atoms with van der Waals surface area (Å²) in [6.45, 7) is 0. The number of ketones is 1. The van der Waals surface area contributed by atoms with Gasteiger partial charge in [0.2, 0.25) is 0 Å². The van der Waals surface area contributed by atoms with Crippen molar-refractivity contribution < 1.29 is 4.79 Å². The van der Waals surface area contributed by atoms with E-state index >= 15 is 0 Å². The Hall–Kier alpha value is -2.93. The number of fused-ring (bicyclic) bond motifs is 1. The first kappa shape index (κ1) is 14.6. The van der Waals surface area contributed by atoms with Crippen molar-refractivity contribution in [2.45, 2.75) is 12.3 Å². The SMILES string of the molecule is O=C1/C(=C/c2ccccc2)C(Cc2ccccc2)c2ccccc21. The van der Waals surface area contributed by atoms with E-state index in [0.717, 1.165) is 28.7 Å². The molecule has 1 atom stereocenters. The zero-order valence-electron chi connectivity index (χ0n) is 13.4. The molecule has 4 rings (SSSR count). The lowest BCUT2D eigenvalue weighted by molar-refractivity contribution is 0.103. The normalized spacial score (nSPS) is 17.9. The van der Waals surface area contributed by atoms with Gasteiger partial charge in [-0.1, -0.05) is 84.9 Å². The van der Waals surface area contributed by atoms with E-state index in [0.29, 0.717) is 0 Å². The summed E-state index contributed by atoms with van der Waals surface area (Å²) in [4.78, 5) is 12.9. The Labute approximate surface area is 142 Å². The number of carbonyl (C=O) groups is 1. The summed E-state index contributed by atoms with van der Waals surface area (Å²) in [7, 11) is 0. The number of allylic oxidation sites excluding steroid dienone is 1. The predicted octanol–water partition coefficient (Wildman–Crippen LogP) is 5.29. The van der Waals surface area contributed by atoms with Crippen LogP contribution >= 0.6 is 0 Å². The Morgan fingerprint density at radius 2 is 1.38 bits per heavy atom. The third kappa shape index (κ3) is 2.69. The maximum atomic E-state index is 12.9. The Bertz CT molecular complexity index is 892. The van der Waals surface area contributed by atoms with Crippen LogP contribution in [0.4, 0.5) is 0 Å². The van der Waals surface area contributed by atoms with Gasteiger partial charge < -0.3 is 0 Å². The van der Waals surface area contributed by atoms with Gasteiger partial charge in [-0.3, -0.25) is 4.79 Å². The van der Waals surface area contributed by atoms with E-state index in [1.807, 2.05) is 54.6 Å². The molecule has 1 heteroatoms. The molecule has 1 aliphatic carbocycles. The van der Waals surface area contributed by atoms with Gasteiger partial charge in [-0.25, -0.2) is 0 Å². The minimum atomic E-state index is 0.122. The monoisotopic (exact) mass is 310 g/mol. The van der Waals surface area contributed by atoms with Gasteiger partial charge in [0.1, 0.15) is 0 Å². The Morgan fingerprint density at radius 3 is 2.12 bits per heavy atom. The van der Waals surface area contributed by atoms with Crippen molar-refractivity contribution in [3.05, 3.63) is 113 Å². The van der Waals surface area contributed by atoms with Crippen LogP contribution in [0.25, 0.3) is 6.08 Å². The van der Waals surface area contributed by atoms with Crippen molar-refractivity contribution in [3.8, 4) is 0 Å². The molecule has 3 aromatic rings. The van der Waals surface area contributed by atoms with Crippen LogP contribution in [0.3, 0.4) is 0 Å². The van der Waals surface area contributed by atoms with Gasteiger partial charge >= 0.3 is 0 Å². The maximum absolute atomic E-state index is 12.9. The van der Waals surface area contributed by atoms with Crippen molar-refractivity contribution in [3.63, 3.8) is 0 Å². The lowest BCUT2D eigenvalue weighted by Crippen LogP contribution is -2.04. The van der Waals surface area contributed by atoms with E-state index in [1.54, 1.807) is 0 Å². The molecule has 1 aliphatic rings. The second kappa shape index (κ2) is 6.29. The summed E-state index contributed by atoms with van der Waals surface area (Å²) in [6.07, 6.45) is 2.90. The standard InChI is InChI=1S/C23H18O/c24-23-20-14-8-7-13-19(20)21(15-17-9-3-1-4-10-17)22(23)16-18-11-5-2-6-12-18/h1-14,16,21H,15H2/b22-16+. The Kier molecular flexibility index (Phi) is 3.84. The number of rotatable bonds is 3. The molecule has 0 saturated heterocycles. The fourth-order valence-electron chi connectivity index (χ4n) is 3.45. The van der Waals surface area contributed by atoms with Gasteiger partial charge in [0.25, 0.3) is 0 Å². The minimum Gasteiger partial charge on any atom is -0.289 e. The smallest absolute Gasteiger partial charge is 0.189 e. The molecular weight excluding hydrogens is 292 g/mol. The number of benzene rings is 3. The summed E-state index contributed by atoms with van der Waals surface area (Å²) < 4.78 is 0. The molecule has 0 aromatic heterocycles. The minimum absolute atomic E-state index is 0.122. The molecule has 0 spiro atoms. The van der Waals surface area contributed by atoms with Crippen molar-refractivity contribution in [2.75, 3.05) is 0 Å². The summed E-state index contributed by atoms with van der Waals surface area (Å²) >= 11 is 0. The van der Waals surface area contributed by atoms with Crippen LogP contribution in [0, 0.1) is 0 Å². The molecule has 0 saturated carbocycles. The molecule has 0 amide bonds. The van der Waals surface area contributed by atoms with E-state index in [-0.39, 0.29) is 11.7 Å². The van der Waals surface area contributed by atoms with Gasteiger partial charge in [-0.15, -0.1) is 0 Å². The van der Waals surface area contributed by atoms with E-state index in [4.69, 9.17) is 0 Å². The highest BCUT2D eigenvalue weighted by Gasteiger charge is 2.34. The molecule has 24 heavy (non-hydrogen) atoms. The van der Waals surface area contributed by atoms with E-state index in [1.165, 1.54) is 5.56 Å². The first-order chi connectivity index (χ1) is 11.8. The first-order valence-corrected chi connectivity index (χ1v) is 8.27. The zero-order valence-corrected chi connectivity index (χ0v) is 13.4. The molecule has 1 unspecified atom stereocenters. The fraction of sp³-hybridized carbons (Fsp3) is 0.0870. The summed E-state index contributed by atoms with van der Waals surface area (Å²) in [5, 5.41) is 0. The van der Waals surface area contributed by atoms with Crippen molar-refractivity contribution in [2.24, 2.45) is 0 Å². The molecule has 0 radical (unpaired) electrons. The second-order valence-electron chi connectivity index (χ2n) is 6.17. The van der Waals surface area contributed by atoms with Crippen molar-refractivity contribution >= 4 is 11.9 Å². The molecule has 3 aromatic carbocycles. The highest BCUT2D eigenvalue weighted by atomic mass is 16.1. The van der Waals surface area contributed by atoms with Crippen LogP contribution < -0.4 is 0 Å². The van der Waals surface area contributed by atoms with Gasteiger partial charge in [0.05, 0.1) is 0 Å². The Morgan fingerprint density at radius 1 is 0.750 bits per heavy atom. The van der Waals surface area contributed by atoms with Crippen LogP contribution in [0.2, 0.25) is 0 Å². The maximum Gasteiger partial charge on any atom is 0.189 e. The van der Waals surface area contributed by atoms with Gasteiger partial charge in [0, 0.05) is 17.1 Å². The van der Waals surface area contributed by atoms with Crippen LogP contribution in [0.1, 0.15) is 33.0 Å². The number of hydrogen-bond acceptors (Lipinski definition) is 1. The molecule has 0 N–H and O–H groups in total. The van der Waals surface area contributed by atoms with Gasteiger partial charge in [-0.05, 0) is 29.2 Å². The number of Topliss-reactive ketones (excluding diaryl/α,β-unsaturated/α-hetero) is 1. The largest absolute Gasteiger partial charge is 0.289 e. The number of carbonyl (C=O) groups excluding carboxylic acids is 1. The topological polar surface area (TPSA) is 17.1 Å². The third-order valence-corrected chi connectivity index (χ3v) is 4.62. The van der Waals surface area contributed by atoms with Crippen LogP contribution in [-0.4, -0.2) is 5.78 Å². The molecule has 0 heterocycles. The van der Waals surface area contributed by atoms with E-state index in [9.17, 15) is 4.79 Å². The molecule has 116 valence electrons. The highest BCUT2D eigenvalue weighted by molar-refractivity contribution is 6.16. The second-order valence-corrected chi connectivity index (χ2v) is 6.17. The van der Waals surface area contributed by atoms with Crippen molar-refractivity contribution in [1.29, 1.82) is 0 Å². The molecular formula is C23H18O. The fourth-order valence-corrected chi connectivity index (χ4v) is 3.45. The molecule has 0 fully saturated rings. The van der Waals surface area contributed by atoms with Crippen LogP contribution in [-0.2, 0) is 6.42 Å². The quantitative estimate of drug-likeness (QED) is 0.600. The summed E-state index contributed by atoms with van der Waals surface area (Å²) in [5.41, 5.74) is 5.22. The first-order valence-electron chi connectivity index (χ1n) is 8.27. The summed E-state index contributed by atoms with van der Waals surface area (Å²) in [5.74, 6) is 0.284.